The third kappa shape index (κ3) is 2.95. The summed E-state index contributed by atoms with van der Waals surface area (Å²) in [6, 6.07) is 14.4. The Labute approximate surface area is 115 Å². The topological polar surface area (TPSA) is 33.0 Å². The Morgan fingerprint density at radius 3 is 2.61 bits per heavy atom. The van der Waals surface area contributed by atoms with Crippen molar-refractivity contribution in [1.29, 1.82) is 5.26 Å². The summed E-state index contributed by atoms with van der Waals surface area (Å²) < 4.78 is 5.58. The molecule has 2 aromatic rings. The zero-order valence-electron chi connectivity index (χ0n) is 9.36. The molecule has 4 heteroatoms. The summed E-state index contributed by atoms with van der Waals surface area (Å²) in [5, 5.41) is 10.1. The Morgan fingerprint density at radius 2 is 1.89 bits per heavy atom. The molecule has 0 heterocycles. The third-order valence-corrected chi connectivity index (χ3v) is 3.01. The van der Waals surface area contributed by atoms with Gasteiger partial charge in [0.15, 0.2) is 0 Å². The summed E-state index contributed by atoms with van der Waals surface area (Å²) in [4.78, 5) is 0. The minimum absolute atomic E-state index is 0.315. The van der Waals surface area contributed by atoms with Crippen LogP contribution in [0.4, 0.5) is 0 Å². The van der Waals surface area contributed by atoms with Crippen molar-refractivity contribution in [2.75, 3.05) is 0 Å². The molecule has 0 atom stereocenters. The molecule has 2 aromatic carbocycles. The van der Waals surface area contributed by atoms with Crippen molar-refractivity contribution in [2.45, 2.75) is 6.61 Å². The predicted octanol–water partition coefficient (Wildman–Crippen LogP) is 4.44. The molecule has 18 heavy (non-hydrogen) atoms. The summed E-state index contributed by atoms with van der Waals surface area (Å²) >= 11 is 11.8. The van der Waals surface area contributed by atoms with Gasteiger partial charge in [0.1, 0.15) is 18.4 Å². The average Bonchev–Trinajstić information content (AvgIpc) is 2.39. The zero-order valence-corrected chi connectivity index (χ0v) is 10.9. The van der Waals surface area contributed by atoms with Crippen molar-refractivity contribution in [1.82, 2.24) is 0 Å². The van der Waals surface area contributed by atoms with Crippen molar-refractivity contribution >= 4 is 23.2 Å². The number of ether oxygens (including phenoxy) is 1. The standard InChI is InChI=1S/C14H9Cl2NO/c15-12-5-6-14(11(7-12)8-17)18-9-10-3-1-2-4-13(10)16/h1-7H,9H2. The van der Waals surface area contributed by atoms with E-state index in [-0.39, 0.29) is 0 Å². The van der Waals surface area contributed by atoms with Gasteiger partial charge in [-0.1, -0.05) is 41.4 Å². The molecular weight excluding hydrogens is 269 g/mol. The van der Waals surface area contributed by atoms with Crippen LogP contribution in [0.5, 0.6) is 5.75 Å². The van der Waals surface area contributed by atoms with Gasteiger partial charge in [-0.2, -0.15) is 5.26 Å². The fourth-order valence-electron chi connectivity index (χ4n) is 1.49. The van der Waals surface area contributed by atoms with E-state index in [0.29, 0.717) is 28.0 Å². The van der Waals surface area contributed by atoms with E-state index in [4.69, 9.17) is 33.2 Å². The Balaban J connectivity index is 2.16. The number of benzene rings is 2. The monoisotopic (exact) mass is 277 g/mol. The van der Waals surface area contributed by atoms with Crippen LogP contribution in [-0.2, 0) is 6.61 Å². The Kier molecular flexibility index (Phi) is 4.09. The first-order chi connectivity index (χ1) is 8.70. The highest BCUT2D eigenvalue weighted by Crippen LogP contribution is 2.24. The van der Waals surface area contributed by atoms with Crippen molar-refractivity contribution in [2.24, 2.45) is 0 Å². The summed E-state index contributed by atoms with van der Waals surface area (Å²) in [6.45, 7) is 0.315. The molecule has 2 nitrogen and oxygen atoms in total. The lowest BCUT2D eigenvalue weighted by Crippen LogP contribution is -1.97. The van der Waals surface area contributed by atoms with E-state index < -0.39 is 0 Å². The van der Waals surface area contributed by atoms with Gasteiger partial charge in [-0.15, -0.1) is 0 Å². The lowest BCUT2D eigenvalue weighted by molar-refractivity contribution is 0.305. The van der Waals surface area contributed by atoms with E-state index in [1.807, 2.05) is 24.3 Å². The maximum atomic E-state index is 8.98. The number of hydrogen-bond acceptors (Lipinski definition) is 2. The van der Waals surface area contributed by atoms with Crippen LogP contribution < -0.4 is 4.74 Å². The quantitative estimate of drug-likeness (QED) is 0.831. The molecule has 0 aliphatic heterocycles. The second kappa shape index (κ2) is 5.77. The van der Waals surface area contributed by atoms with Crippen LogP contribution >= 0.6 is 23.2 Å². The van der Waals surface area contributed by atoms with E-state index in [2.05, 4.69) is 0 Å². The van der Waals surface area contributed by atoms with Gasteiger partial charge in [0.05, 0.1) is 5.56 Å². The first-order valence-electron chi connectivity index (χ1n) is 5.26. The number of hydrogen-bond donors (Lipinski definition) is 0. The van der Waals surface area contributed by atoms with Crippen molar-refractivity contribution in [3.63, 3.8) is 0 Å². The Morgan fingerprint density at radius 1 is 1.11 bits per heavy atom. The molecule has 0 fully saturated rings. The average molecular weight is 278 g/mol. The first kappa shape index (κ1) is 12.8. The molecule has 0 saturated carbocycles. The maximum Gasteiger partial charge on any atom is 0.137 e. The SMILES string of the molecule is N#Cc1cc(Cl)ccc1OCc1ccccc1Cl. The van der Waals surface area contributed by atoms with E-state index in [0.717, 1.165) is 5.56 Å². The molecule has 0 aromatic heterocycles. The smallest absolute Gasteiger partial charge is 0.137 e. The predicted molar refractivity (Wildman–Crippen MR) is 72.0 cm³/mol. The molecule has 0 radical (unpaired) electrons. The van der Waals surface area contributed by atoms with Crippen LogP contribution in [0.15, 0.2) is 42.5 Å². The molecule has 0 aliphatic rings. The maximum absolute atomic E-state index is 8.98. The lowest BCUT2D eigenvalue weighted by Gasteiger charge is -2.09. The lowest BCUT2D eigenvalue weighted by atomic mass is 10.2. The van der Waals surface area contributed by atoms with Gasteiger partial charge in [0, 0.05) is 15.6 Å². The van der Waals surface area contributed by atoms with Crippen LogP contribution in [0.1, 0.15) is 11.1 Å². The van der Waals surface area contributed by atoms with Crippen LogP contribution in [0.3, 0.4) is 0 Å². The summed E-state index contributed by atoms with van der Waals surface area (Å²) in [5.74, 6) is 0.502. The van der Waals surface area contributed by atoms with Crippen LogP contribution in [0.25, 0.3) is 0 Å². The van der Waals surface area contributed by atoms with Crippen LogP contribution in [0, 0.1) is 11.3 Å². The van der Waals surface area contributed by atoms with Gasteiger partial charge < -0.3 is 4.74 Å². The number of rotatable bonds is 3. The molecule has 0 bridgehead atoms. The largest absolute Gasteiger partial charge is 0.487 e. The minimum atomic E-state index is 0.315. The van der Waals surface area contributed by atoms with Gasteiger partial charge >= 0.3 is 0 Å². The Hall–Kier alpha value is -1.69. The molecule has 0 spiro atoms. The molecule has 0 unspecified atom stereocenters. The fourth-order valence-corrected chi connectivity index (χ4v) is 1.85. The summed E-state index contributed by atoms with van der Waals surface area (Å²) in [6.07, 6.45) is 0. The van der Waals surface area contributed by atoms with Gasteiger partial charge in [0.25, 0.3) is 0 Å². The summed E-state index contributed by atoms with van der Waals surface area (Å²) in [5.41, 5.74) is 1.28. The highest BCUT2D eigenvalue weighted by molar-refractivity contribution is 6.31. The second-order valence-electron chi connectivity index (χ2n) is 3.63. The van der Waals surface area contributed by atoms with Gasteiger partial charge in [-0.3, -0.25) is 0 Å². The highest BCUT2D eigenvalue weighted by Gasteiger charge is 2.05. The van der Waals surface area contributed by atoms with E-state index in [9.17, 15) is 0 Å². The van der Waals surface area contributed by atoms with Gasteiger partial charge in [-0.05, 0) is 24.3 Å². The first-order valence-corrected chi connectivity index (χ1v) is 6.02. The second-order valence-corrected chi connectivity index (χ2v) is 4.48. The fraction of sp³-hybridized carbons (Fsp3) is 0.0714. The van der Waals surface area contributed by atoms with Gasteiger partial charge in [0.2, 0.25) is 0 Å². The van der Waals surface area contributed by atoms with Crippen molar-refractivity contribution < 1.29 is 4.74 Å². The van der Waals surface area contributed by atoms with Crippen molar-refractivity contribution in [3.8, 4) is 11.8 Å². The molecule has 2 rings (SSSR count). The number of nitriles is 1. The van der Waals surface area contributed by atoms with E-state index >= 15 is 0 Å². The third-order valence-electron chi connectivity index (χ3n) is 2.40. The highest BCUT2D eigenvalue weighted by atomic mass is 35.5. The molecule has 0 N–H and O–H groups in total. The molecule has 0 aliphatic carbocycles. The number of nitrogens with zero attached hydrogens (tertiary/aromatic N) is 1. The normalized spacial score (nSPS) is 9.83. The van der Waals surface area contributed by atoms with Crippen LogP contribution in [-0.4, -0.2) is 0 Å². The summed E-state index contributed by atoms with van der Waals surface area (Å²) in [7, 11) is 0. The van der Waals surface area contributed by atoms with E-state index in [1.54, 1.807) is 24.3 Å². The van der Waals surface area contributed by atoms with E-state index in [1.165, 1.54) is 0 Å². The molecular formula is C14H9Cl2NO. The van der Waals surface area contributed by atoms with Crippen LogP contribution in [0.2, 0.25) is 10.0 Å². The molecule has 0 saturated heterocycles. The van der Waals surface area contributed by atoms with Crippen molar-refractivity contribution in [3.05, 3.63) is 63.6 Å². The minimum Gasteiger partial charge on any atom is -0.487 e. The number of halogens is 2. The zero-order chi connectivity index (χ0) is 13.0. The Bertz CT molecular complexity index is 605. The van der Waals surface area contributed by atoms with Gasteiger partial charge in [-0.25, -0.2) is 0 Å². The molecule has 0 amide bonds. The molecule has 90 valence electrons.